The number of nitrogens with zero attached hydrogens (tertiary/aromatic N) is 3. The van der Waals surface area contributed by atoms with Crippen molar-refractivity contribution >= 4 is 23.4 Å². The quantitative estimate of drug-likeness (QED) is 0.670. The summed E-state index contributed by atoms with van der Waals surface area (Å²) in [7, 11) is 0. The Bertz CT molecular complexity index is 813. The molecule has 3 nitrogen and oxygen atoms in total. The Balaban J connectivity index is 2.43. The Morgan fingerprint density at radius 1 is 0.958 bits per heavy atom. The van der Waals surface area contributed by atoms with Gasteiger partial charge in [0, 0.05) is 12.4 Å². The van der Waals surface area contributed by atoms with Crippen LogP contribution in [0.1, 0.15) is 16.8 Å². The number of hydrogen-bond donors (Lipinski definition) is 0. The third kappa shape index (κ3) is 4.10. The lowest BCUT2D eigenvalue weighted by Gasteiger charge is -2.11. The van der Waals surface area contributed by atoms with Crippen LogP contribution >= 0.6 is 23.4 Å². The summed E-state index contributed by atoms with van der Waals surface area (Å²) in [5.41, 5.74) is -2.53. The molecule has 0 amide bonds. The molecule has 0 aliphatic carbocycles. The molecule has 0 radical (unpaired) electrons. The minimum absolute atomic E-state index is 0.178. The summed E-state index contributed by atoms with van der Waals surface area (Å²) >= 11 is 6.22. The summed E-state index contributed by atoms with van der Waals surface area (Å²) in [5, 5.41) is 8.32. The van der Waals surface area contributed by atoms with Gasteiger partial charge in [-0.05, 0) is 12.1 Å². The molecule has 0 saturated carbocycles. The molecule has 126 valence electrons. The summed E-state index contributed by atoms with van der Waals surface area (Å²) in [6.07, 6.45) is -8.35. The second-order valence-electron chi connectivity index (χ2n) is 4.29. The molecule has 0 aliphatic rings. The van der Waals surface area contributed by atoms with Crippen LogP contribution < -0.4 is 0 Å². The zero-order chi connectivity index (χ0) is 18.1. The number of rotatable bonds is 2. The van der Waals surface area contributed by atoms with Gasteiger partial charge in [-0.1, -0.05) is 23.4 Å². The van der Waals surface area contributed by atoms with E-state index in [0.717, 1.165) is 0 Å². The van der Waals surface area contributed by atoms with Crippen molar-refractivity contribution in [3.05, 3.63) is 46.4 Å². The summed E-state index contributed by atoms with van der Waals surface area (Å²) in [6, 6.07) is 2.86. The van der Waals surface area contributed by atoms with E-state index in [0.29, 0.717) is 36.3 Å². The SMILES string of the molecule is N#Cc1ncc(C(F)(F)F)cc1Sc1ncc(C(F)(F)F)cc1Cl. The Morgan fingerprint density at radius 3 is 2.00 bits per heavy atom. The highest BCUT2D eigenvalue weighted by Crippen LogP contribution is 2.39. The number of halogens is 7. The molecule has 2 aromatic rings. The molecular weight excluding hydrogens is 380 g/mol. The van der Waals surface area contributed by atoms with Gasteiger partial charge in [-0.15, -0.1) is 0 Å². The van der Waals surface area contributed by atoms with E-state index in [9.17, 15) is 26.3 Å². The minimum atomic E-state index is -4.69. The van der Waals surface area contributed by atoms with Crippen LogP contribution in [-0.4, -0.2) is 9.97 Å². The van der Waals surface area contributed by atoms with Gasteiger partial charge in [0.1, 0.15) is 11.1 Å². The first-order valence-electron chi connectivity index (χ1n) is 5.90. The molecule has 24 heavy (non-hydrogen) atoms. The van der Waals surface area contributed by atoms with E-state index < -0.39 is 28.5 Å². The van der Waals surface area contributed by atoms with E-state index in [1.807, 2.05) is 0 Å². The maximum Gasteiger partial charge on any atom is 0.417 e. The van der Waals surface area contributed by atoms with Crippen LogP contribution in [0.5, 0.6) is 0 Å². The number of alkyl halides is 6. The highest BCUT2D eigenvalue weighted by atomic mass is 35.5. The summed E-state index contributed by atoms with van der Waals surface area (Å²) in [4.78, 5) is 6.67. The fourth-order valence-electron chi connectivity index (χ4n) is 1.52. The molecule has 2 heterocycles. The Kier molecular flexibility index (Phi) is 4.96. The number of hydrogen-bond acceptors (Lipinski definition) is 4. The largest absolute Gasteiger partial charge is 0.417 e. The Morgan fingerprint density at radius 2 is 1.50 bits per heavy atom. The van der Waals surface area contributed by atoms with Crippen molar-refractivity contribution in [2.24, 2.45) is 0 Å². The van der Waals surface area contributed by atoms with Gasteiger partial charge in [0.15, 0.2) is 5.69 Å². The maximum absolute atomic E-state index is 12.7. The third-order valence-electron chi connectivity index (χ3n) is 2.63. The molecule has 0 unspecified atom stereocenters. The number of aromatic nitrogens is 2. The average molecular weight is 384 g/mol. The van der Waals surface area contributed by atoms with Crippen molar-refractivity contribution in [2.45, 2.75) is 22.3 Å². The van der Waals surface area contributed by atoms with Gasteiger partial charge in [0.05, 0.1) is 21.0 Å². The zero-order valence-corrected chi connectivity index (χ0v) is 12.8. The van der Waals surface area contributed by atoms with Crippen LogP contribution in [0, 0.1) is 11.3 Å². The average Bonchev–Trinajstić information content (AvgIpc) is 2.47. The van der Waals surface area contributed by atoms with E-state index >= 15 is 0 Å². The van der Waals surface area contributed by atoms with Crippen molar-refractivity contribution in [1.82, 2.24) is 9.97 Å². The zero-order valence-electron chi connectivity index (χ0n) is 11.2. The van der Waals surface area contributed by atoms with Crippen LogP contribution in [-0.2, 0) is 12.4 Å². The van der Waals surface area contributed by atoms with Gasteiger partial charge >= 0.3 is 12.4 Å². The standard InChI is InChI=1S/C13H4ClF6N3S/c14-8-1-6(12(15,16)17)5-23-11(8)24-10-2-7(13(18,19)20)4-22-9(10)3-21/h1-2,4-5H. The normalized spacial score (nSPS) is 12.1. The second-order valence-corrected chi connectivity index (χ2v) is 5.73. The molecule has 2 aromatic heterocycles. The molecule has 0 aromatic carbocycles. The maximum atomic E-state index is 12.7. The molecule has 0 spiro atoms. The lowest BCUT2D eigenvalue weighted by molar-refractivity contribution is -0.138. The van der Waals surface area contributed by atoms with Crippen molar-refractivity contribution in [3.8, 4) is 6.07 Å². The highest BCUT2D eigenvalue weighted by molar-refractivity contribution is 7.99. The van der Waals surface area contributed by atoms with Gasteiger partial charge in [-0.25, -0.2) is 9.97 Å². The first-order chi connectivity index (χ1) is 11.0. The Hall–Kier alpha value is -1.99. The Labute approximate surface area is 140 Å². The van der Waals surface area contributed by atoms with Crippen molar-refractivity contribution in [3.63, 3.8) is 0 Å². The minimum Gasteiger partial charge on any atom is -0.247 e. The molecule has 11 heteroatoms. The molecule has 2 rings (SSSR count). The fourth-order valence-corrected chi connectivity index (χ4v) is 2.65. The van der Waals surface area contributed by atoms with Crippen LogP contribution in [0.15, 0.2) is 34.4 Å². The van der Waals surface area contributed by atoms with Gasteiger partial charge < -0.3 is 0 Å². The van der Waals surface area contributed by atoms with E-state index in [4.69, 9.17) is 16.9 Å². The number of pyridine rings is 2. The van der Waals surface area contributed by atoms with Gasteiger partial charge in [0.2, 0.25) is 0 Å². The molecule has 0 saturated heterocycles. The van der Waals surface area contributed by atoms with Gasteiger partial charge in [-0.2, -0.15) is 31.6 Å². The number of nitriles is 1. The van der Waals surface area contributed by atoms with Crippen LogP contribution in [0.3, 0.4) is 0 Å². The molecular formula is C13H4ClF6N3S. The second kappa shape index (κ2) is 6.49. The van der Waals surface area contributed by atoms with E-state index in [1.165, 1.54) is 0 Å². The van der Waals surface area contributed by atoms with Crippen LogP contribution in [0.25, 0.3) is 0 Å². The highest BCUT2D eigenvalue weighted by Gasteiger charge is 2.33. The third-order valence-corrected chi connectivity index (χ3v) is 4.08. The molecule has 0 aliphatic heterocycles. The summed E-state index contributed by atoms with van der Waals surface area (Å²) in [5.74, 6) is 0. The van der Waals surface area contributed by atoms with Crippen molar-refractivity contribution < 1.29 is 26.3 Å². The van der Waals surface area contributed by atoms with Crippen LogP contribution in [0.2, 0.25) is 5.02 Å². The van der Waals surface area contributed by atoms with E-state index in [2.05, 4.69) is 9.97 Å². The van der Waals surface area contributed by atoms with Crippen molar-refractivity contribution in [1.29, 1.82) is 5.26 Å². The predicted molar refractivity (Wildman–Crippen MR) is 72.3 cm³/mol. The fraction of sp³-hybridized carbons (Fsp3) is 0.154. The topological polar surface area (TPSA) is 49.6 Å². The summed E-state index contributed by atoms with van der Waals surface area (Å²) < 4.78 is 75.8. The lowest BCUT2D eigenvalue weighted by Crippen LogP contribution is -2.07. The summed E-state index contributed by atoms with van der Waals surface area (Å²) in [6.45, 7) is 0. The van der Waals surface area contributed by atoms with Gasteiger partial charge in [-0.3, -0.25) is 0 Å². The molecule has 0 N–H and O–H groups in total. The van der Waals surface area contributed by atoms with E-state index in [-0.39, 0.29) is 15.6 Å². The molecule has 0 fully saturated rings. The van der Waals surface area contributed by atoms with Crippen molar-refractivity contribution in [2.75, 3.05) is 0 Å². The van der Waals surface area contributed by atoms with Gasteiger partial charge in [0.25, 0.3) is 0 Å². The predicted octanol–water partition coefficient (Wildman–Crippen LogP) is 5.19. The first kappa shape index (κ1) is 18.4. The molecule has 0 bridgehead atoms. The first-order valence-corrected chi connectivity index (χ1v) is 7.09. The van der Waals surface area contributed by atoms with E-state index in [1.54, 1.807) is 6.07 Å². The smallest absolute Gasteiger partial charge is 0.247 e. The lowest BCUT2D eigenvalue weighted by atomic mass is 10.2. The monoisotopic (exact) mass is 383 g/mol. The molecule has 0 atom stereocenters. The van der Waals surface area contributed by atoms with Crippen LogP contribution in [0.4, 0.5) is 26.3 Å².